The Labute approximate surface area is 309 Å². The summed E-state index contributed by atoms with van der Waals surface area (Å²) in [5.41, 5.74) is -6.43. The van der Waals surface area contributed by atoms with Crippen LogP contribution >= 0.6 is 0 Å². The standard InChI is InChI=1S/C43H27N3O/c1-3-12-28(13-4-1)29-22-24-30(25-23-29)32-26-27-35(34-17-8-7-16-33(32)34)42-44-41(31-14-5-2-6-15-31)45-43(46-42)37-19-11-21-39-40(37)36-18-9-10-20-38(36)47-39/h1-27H/i1D,2D,3D,4D,5D,6D,7D,8D,9D,10D,11D,12D,13D,14D,15D,16D,17D,18D,19D,20D,21D,22D,23D,24D,25D,26D,27D. The second kappa shape index (κ2) is 11.2. The van der Waals surface area contributed by atoms with Crippen molar-refractivity contribution in [2.24, 2.45) is 0 Å². The normalized spacial score (nSPS) is 19.4. The lowest BCUT2D eigenvalue weighted by atomic mass is 9.93. The van der Waals surface area contributed by atoms with Crippen LogP contribution in [-0.2, 0) is 0 Å². The number of hydrogen-bond acceptors (Lipinski definition) is 4. The predicted octanol–water partition coefficient (Wildman–Crippen LogP) is 11.3. The zero-order valence-electron chi connectivity index (χ0n) is 50.2. The topological polar surface area (TPSA) is 51.8 Å². The Kier molecular flexibility index (Phi) is 2.66. The van der Waals surface area contributed by atoms with Crippen molar-refractivity contribution in [1.82, 2.24) is 15.0 Å². The zero-order chi connectivity index (χ0) is 54.7. The molecule has 0 radical (unpaired) electrons. The maximum absolute atomic E-state index is 9.57. The second-order valence-electron chi connectivity index (χ2n) is 9.57. The van der Waals surface area contributed by atoms with Gasteiger partial charge in [-0.15, -0.1) is 0 Å². The fraction of sp³-hybridized carbons (Fsp3) is 0. The quantitative estimate of drug-likeness (QED) is 0.190. The maximum atomic E-state index is 9.57. The summed E-state index contributed by atoms with van der Waals surface area (Å²) in [5, 5.41) is -2.39. The van der Waals surface area contributed by atoms with Crippen molar-refractivity contribution in [3.05, 3.63) is 163 Å². The van der Waals surface area contributed by atoms with Gasteiger partial charge >= 0.3 is 0 Å². The first-order chi connectivity index (χ1) is 34.5. The van der Waals surface area contributed by atoms with Crippen LogP contribution in [0.1, 0.15) is 37.0 Å². The fourth-order valence-electron chi connectivity index (χ4n) is 4.83. The van der Waals surface area contributed by atoms with Gasteiger partial charge in [-0.25, -0.2) is 15.0 Å². The van der Waals surface area contributed by atoms with Crippen LogP contribution < -0.4 is 0 Å². The molecule has 2 heterocycles. The van der Waals surface area contributed by atoms with Crippen molar-refractivity contribution < 1.29 is 41.4 Å². The van der Waals surface area contributed by atoms with E-state index in [1.807, 2.05) is 0 Å². The van der Waals surface area contributed by atoms with E-state index in [4.69, 9.17) is 31.8 Å². The van der Waals surface area contributed by atoms with Gasteiger partial charge in [0.2, 0.25) is 0 Å². The molecule has 0 aliphatic heterocycles. The van der Waals surface area contributed by atoms with Crippen molar-refractivity contribution in [2.45, 2.75) is 0 Å². The Bertz CT molecular complexity index is 4030. The molecule has 0 saturated heterocycles. The van der Waals surface area contributed by atoms with Crippen molar-refractivity contribution in [3.8, 4) is 56.4 Å². The number of furan rings is 1. The molecule has 2 aromatic heterocycles. The minimum Gasteiger partial charge on any atom is -0.456 e. The summed E-state index contributed by atoms with van der Waals surface area (Å²) in [6.07, 6.45) is 0. The Hall–Kier alpha value is -6.39. The van der Waals surface area contributed by atoms with Gasteiger partial charge in [0.1, 0.15) is 11.2 Å². The van der Waals surface area contributed by atoms with E-state index in [9.17, 15) is 9.60 Å². The molecule has 0 unspecified atom stereocenters. The van der Waals surface area contributed by atoms with Crippen LogP contribution in [0.2, 0.25) is 0 Å². The highest BCUT2D eigenvalue weighted by Gasteiger charge is 2.19. The van der Waals surface area contributed by atoms with E-state index in [-0.39, 0.29) is 0 Å². The lowest BCUT2D eigenvalue weighted by Crippen LogP contribution is -2.01. The van der Waals surface area contributed by atoms with Crippen LogP contribution in [0.3, 0.4) is 0 Å². The number of rotatable bonds is 5. The molecule has 0 aliphatic rings. The largest absolute Gasteiger partial charge is 0.456 e. The molecule has 47 heavy (non-hydrogen) atoms. The molecule has 220 valence electrons. The average Bonchev–Trinajstić information content (AvgIpc) is 3.77. The molecule has 9 aromatic rings. The van der Waals surface area contributed by atoms with Gasteiger partial charge < -0.3 is 4.42 Å². The van der Waals surface area contributed by atoms with Gasteiger partial charge in [-0.1, -0.05) is 145 Å². The third-order valence-corrected chi connectivity index (χ3v) is 6.88. The van der Waals surface area contributed by atoms with E-state index in [1.54, 1.807) is 0 Å². The van der Waals surface area contributed by atoms with Gasteiger partial charge in [0, 0.05) is 27.5 Å². The second-order valence-corrected chi connectivity index (χ2v) is 9.57. The summed E-state index contributed by atoms with van der Waals surface area (Å²) in [4.78, 5) is 13.2. The molecule has 0 atom stereocenters. The molecule has 9 rings (SSSR count). The first kappa shape index (κ1) is 11.1. The molecular formula is C43H27N3O. The lowest BCUT2D eigenvalue weighted by Gasteiger charge is -2.13. The third-order valence-electron chi connectivity index (χ3n) is 6.88. The number of benzene rings is 7. The van der Waals surface area contributed by atoms with Crippen molar-refractivity contribution in [3.63, 3.8) is 0 Å². The van der Waals surface area contributed by atoms with E-state index in [0.29, 0.717) is 0 Å². The summed E-state index contributed by atoms with van der Waals surface area (Å²) < 4.78 is 242. The van der Waals surface area contributed by atoms with Crippen LogP contribution in [0.25, 0.3) is 89.1 Å². The zero-order valence-corrected chi connectivity index (χ0v) is 23.2. The Morgan fingerprint density at radius 2 is 0.851 bits per heavy atom. The van der Waals surface area contributed by atoms with E-state index < -0.39 is 252 Å². The first-order valence-electron chi connectivity index (χ1n) is 27.0. The van der Waals surface area contributed by atoms with E-state index in [1.165, 1.54) is 0 Å². The van der Waals surface area contributed by atoms with Crippen molar-refractivity contribution >= 4 is 32.7 Å². The Morgan fingerprint density at radius 1 is 0.340 bits per heavy atom. The summed E-state index contributed by atoms with van der Waals surface area (Å²) in [6.45, 7) is 0. The molecule has 0 spiro atoms. The SMILES string of the molecule is [2H]c1c([2H])c([2H])c(-c2nc(-c3c([2H])c([2H])c(-c4c([2H])c([2H])c(-c5c([2H])c([2H])c([2H])c([2H])c5[2H])c([2H])c4[2H])c4c([2H])c([2H])c([2H])c([2H])c34)nc(-c3c([2H])c([2H])c([2H])c4oc5c([2H])c([2H])c([2H])c([2H])c5c34)n2)c([2H])c1[2H]. The van der Waals surface area contributed by atoms with Gasteiger partial charge in [-0.3, -0.25) is 0 Å². The van der Waals surface area contributed by atoms with Crippen LogP contribution in [0.4, 0.5) is 0 Å². The first-order valence-corrected chi connectivity index (χ1v) is 13.5. The van der Waals surface area contributed by atoms with Crippen molar-refractivity contribution in [1.29, 1.82) is 0 Å². The molecule has 4 heteroatoms. The number of nitrogens with zero attached hydrogens (tertiary/aromatic N) is 3. The Balaban J connectivity index is 1.48. The average molecular weight is 629 g/mol. The minimum atomic E-state index is -1.08. The molecule has 4 nitrogen and oxygen atoms in total. The number of fused-ring (bicyclic) bond motifs is 4. The molecular weight excluding hydrogens is 574 g/mol. The number of para-hydroxylation sites is 1. The monoisotopic (exact) mass is 628 g/mol. The maximum Gasteiger partial charge on any atom is 0.164 e. The highest BCUT2D eigenvalue weighted by molar-refractivity contribution is 6.12. The molecule has 0 bridgehead atoms. The number of aromatic nitrogens is 3. The third kappa shape index (κ3) is 4.75. The molecule has 0 fully saturated rings. The van der Waals surface area contributed by atoms with Crippen molar-refractivity contribution in [2.75, 3.05) is 0 Å². The summed E-state index contributed by atoms with van der Waals surface area (Å²) in [7, 11) is 0. The van der Waals surface area contributed by atoms with Crippen LogP contribution in [0, 0.1) is 0 Å². The summed E-state index contributed by atoms with van der Waals surface area (Å²) in [6, 6.07) is -24.7. The molecule has 0 N–H and O–H groups in total. The van der Waals surface area contributed by atoms with E-state index >= 15 is 0 Å². The van der Waals surface area contributed by atoms with Crippen LogP contribution in [0.5, 0.6) is 0 Å². The molecule has 0 aliphatic carbocycles. The van der Waals surface area contributed by atoms with Gasteiger partial charge in [-0.2, -0.15) is 0 Å². The highest BCUT2D eigenvalue weighted by atomic mass is 16.3. The minimum absolute atomic E-state index is 0.439. The fourth-order valence-corrected chi connectivity index (χ4v) is 4.83. The van der Waals surface area contributed by atoms with Gasteiger partial charge in [0.25, 0.3) is 0 Å². The molecule has 7 aromatic carbocycles. The van der Waals surface area contributed by atoms with Gasteiger partial charge in [-0.05, 0) is 51.2 Å². The van der Waals surface area contributed by atoms with E-state index in [0.717, 1.165) is 0 Å². The summed E-state index contributed by atoms with van der Waals surface area (Å²) in [5.74, 6) is -2.56. The van der Waals surface area contributed by atoms with Gasteiger partial charge in [0.15, 0.2) is 17.5 Å². The number of hydrogen-bond donors (Lipinski definition) is 0. The van der Waals surface area contributed by atoms with E-state index in [2.05, 4.69) is 15.0 Å². The molecule has 0 saturated carbocycles. The Morgan fingerprint density at radius 3 is 1.60 bits per heavy atom. The molecule has 0 amide bonds. The van der Waals surface area contributed by atoms with Crippen LogP contribution in [0.15, 0.2) is 168 Å². The predicted molar refractivity (Wildman–Crippen MR) is 192 cm³/mol. The highest BCUT2D eigenvalue weighted by Crippen LogP contribution is 2.39. The van der Waals surface area contributed by atoms with Crippen LogP contribution in [-0.4, -0.2) is 15.0 Å². The van der Waals surface area contributed by atoms with Gasteiger partial charge in [0.05, 0.1) is 37.0 Å². The lowest BCUT2D eigenvalue weighted by molar-refractivity contribution is 0.669. The smallest absolute Gasteiger partial charge is 0.164 e. The summed E-state index contributed by atoms with van der Waals surface area (Å²) >= 11 is 0.